The molecule has 1 aromatic carbocycles. The molecule has 0 heterocycles. The lowest BCUT2D eigenvalue weighted by atomic mass is 9.85. The van der Waals surface area contributed by atoms with E-state index in [0.29, 0.717) is 0 Å². The van der Waals surface area contributed by atoms with Crippen LogP contribution in [0.25, 0.3) is 0 Å². The first-order chi connectivity index (χ1) is 9.28. The molecule has 1 aromatic rings. The molecule has 1 atom stereocenters. The van der Waals surface area contributed by atoms with Crippen molar-refractivity contribution < 1.29 is 4.74 Å². The minimum Gasteiger partial charge on any atom is -0.497 e. The third-order valence-electron chi connectivity index (χ3n) is 4.20. The summed E-state index contributed by atoms with van der Waals surface area (Å²) in [5, 5.41) is 0.258. The quantitative estimate of drug-likeness (QED) is 0.650. The first kappa shape index (κ1) is 14.7. The van der Waals surface area contributed by atoms with Crippen LogP contribution in [-0.4, -0.2) is 12.5 Å². The summed E-state index contributed by atoms with van der Waals surface area (Å²) >= 11 is 6.49. The van der Waals surface area contributed by atoms with E-state index in [-0.39, 0.29) is 5.38 Å². The van der Waals surface area contributed by atoms with Crippen molar-refractivity contribution in [1.29, 1.82) is 0 Å². The van der Waals surface area contributed by atoms with Gasteiger partial charge in [0, 0.05) is 5.38 Å². The molecule has 0 saturated heterocycles. The van der Waals surface area contributed by atoms with E-state index >= 15 is 0 Å². The average Bonchev–Trinajstić information content (AvgIpc) is 2.46. The van der Waals surface area contributed by atoms with Gasteiger partial charge in [-0.1, -0.05) is 44.2 Å². The van der Waals surface area contributed by atoms with Crippen LogP contribution in [0.2, 0.25) is 0 Å². The topological polar surface area (TPSA) is 9.23 Å². The number of rotatable bonds is 6. The highest BCUT2D eigenvalue weighted by atomic mass is 35.5. The maximum absolute atomic E-state index is 6.49. The summed E-state index contributed by atoms with van der Waals surface area (Å²) in [6, 6.07) is 8.25. The highest BCUT2D eigenvalue weighted by Gasteiger charge is 2.15. The summed E-state index contributed by atoms with van der Waals surface area (Å²) in [5.74, 6) is 1.86. The molecule has 2 rings (SSSR count). The molecule has 0 radical (unpaired) electrons. The predicted octanol–water partition coefficient (Wildman–Crippen LogP) is 5.21. The molecule has 2 heteroatoms. The van der Waals surface area contributed by atoms with Crippen molar-refractivity contribution in [3.8, 4) is 5.75 Å². The van der Waals surface area contributed by atoms with Crippen LogP contribution in [0.15, 0.2) is 24.3 Å². The molecule has 106 valence electrons. The molecular formula is C17H25ClO. The molecule has 1 aliphatic rings. The Morgan fingerprint density at radius 1 is 1.26 bits per heavy atom. The van der Waals surface area contributed by atoms with Crippen molar-refractivity contribution in [2.24, 2.45) is 5.92 Å². The van der Waals surface area contributed by atoms with Crippen molar-refractivity contribution in [2.75, 3.05) is 7.11 Å². The number of alkyl halides is 1. The lowest BCUT2D eigenvalue weighted by molar-refractivity contribution is 0.330. The Labute approximate surface area is 122 Å². The molecule has 0 aliphatic heterocycles. The number of halogens is 1. The van der Waals surface area contributed by atoms with Crippen molar-refractivity contribution >= 4 is 11.6 Å². The number of hydrogen-bond donors (Lipinski definition) is 0. The Morgan fingerprint density at radius 3 is 2.79 bits per heavy atom. The molecule has 0 amide bonds. The third-order valence-corrected chi connectivity index (χ3v) is 4.58. The number of ether oxygens (including phenoxy) is 1. The Hall–Kier alpha value is -0.690. The summed E-state index contributed by atoms with van der Waals surface area (Å²) in [4.78, 5) is 0. The molecule has 19 heavy (non-hydrogen) atoms. The fraction of sp³-hybridized carbons (Fsp3) is 0.647. The van der Waals surface area contributed by atoms with Crippen LogP contribution in [0.3, 0.4) is 0 Å². The minimum absolute atomic E-state index is 0.258. The molecule has 0 N–H and O–H groups in total. The Morgan fingerprint density at radius 2 is 2.05 bits per heavy atom. The minimum atomic E-state index is 0.258. The van der Waals surface area contributed by atoms with Gasteiger partial charge in [0.1, 0.15) is 5.75 Å². The Kier molecular flexibility index (Phi) is 6.03. The molecule has 0 aromatic heterocycles. The summed E-state index contributed by atoms with van der Waals surface area (Å²) in [7, 11) is 1.71. The normalized spacial score (nSPS) is 18.2. The first-order valence-corrected chi connectivity index (χ1v) is 7.98. The van der Waals surface area contributed by atoms with Crippen LogP contribution >= 0.6 is 11.6 Å². The van der Waals surface area contributed by atoms with Crippen molar-refractivity contribution in [2.45, 2.75) is 56.7 Å². The van der Waals surface area contributed by atoms with E-state index in [2.05, 4.69) is 12.1 Å². The van der Waals surface area contributed by atoms with E-state index in [1.807, 2.05) is 12.1 Å². The standard InChI is InChI=1S/C17H25ClO/c1-19-17-9-5-8-15(13-17)12-16(18)11-10-14-6-3-2-4-7-14/h5,8-9,13-14,16H,2-4,6-7,10-12H2,1H3. The van der Waals surface area contributed by atoms with Gasteiger partial charge in [0.2, 0.25) is 0 Å². The lowest BCUT2D eigenvalue weighted by Gasteiger charge is -2.22. The van der Waals surface area contributed by atoms with Crippen molar-refractivity contribution in [1.82, 2.24) is 0 Å². The van der Waals surface area contributed by atoms with Crippen LogP contribution in [0.4, 0.5) is 0 Å². The lowest BCUT2D eigenvalue weighted by Crippen LogP contribution is -2.10. The van der Waals surface area contributed by atoms with Crippen LogP contribution in [0, 0.1) is 5.92 Å². The van der Waals surface area contributed by atoms with E-state index in [1.54, 1.807) is 7.11 Å². The fourth-order valence-electron chi connectivity index (χ4n) is 3.05. The monoisotopic (exact) mass is 280 g/mol. The molecule has 0 bridgehead atoms. The summed E-state index contributed by atoms with van der Waals surface area (Å²) in [5.41, 5.74) is 1.28. The molecule has 1 saturated carbocycles. The summed E-state index contributed by atoms with van der Waals surface area (Å²) < 4.78 is 5.25. The number of hydrogen-bond acceptors (Lipinski definition) is 1. The van der Waals surface area contributed by atoms with Crippen molar-refractivity contribution in [3.63, 3.8) is 0 Å². The highest BCUT2D eigenvalue weighted by Crippen LogP contribution is 2.29. The third kappa shape index (κ3) is 5.06. The van der Waals surface area contributed by atoms with Gasteiger partial charge in [-0.25, -0.2) is 0 Å². The zero-order chi connectivity index (χ0) is 13.5. The molecule has 0 spiro atoms. The second-order valence-corrected chi connectivity index (χ2v) is 6.35. The maximum atomic E-state index is 6.49. The van der Waals surface area contributed by atoms with Gasteiger partial charge >= 0.3 is 0 Å². The van der Waals surface area contributed by atoms with Crippen LogP contribution in [-0.2, 0) is 6.42 Å². The molecule has 1 fully saturated rings. The van der Waals surface area contributed by atoms with E-state index < -0.39 is 0 Å². The van der Waals surface area contributed by atoms with Gasteiger partial charge in [-0.3, -0.25) is 0 Å². The smallest absolute Gasteiger partial charge is 0.119 e. The second-order valence-electron chi connectivity index (χ2n) is 5.73. The highest BCUT2D eigenvalue weighted by molar-refractivity contribution is 6.20. The second kappa shape index (κ2) is 7.79. The van der Waals surface area contributed by atoms with Gasteiger partial charge in [-0.2, -0.15) is 0 Å². The van der Waals surface area contributed by atoms with E-state index in [0.717, 1.165) is 24.5 Å². The Bertz CT molecular complexity index is 371. The van der Waals surface area contributed by atoms with Gasteiger partial charge in [0.05, 0.1) is 7.11 Å². The van der Waals surface area contributed by atoms with Crippen LogP contribution < -0.4 is 4.74 Å². The number of methoxy groups -OCH3 is 1. The zero-order valence-electron chi connectivity index (χ0n) is 11.9. The van der Waals surface area contributed by atoms with E-state index in [1.165, 1.54) is 44.1 Å². The van der Waals surface area contributed by atoms with Crippen LogP contribution in [0.1, 0.15) is 50.5 Å². The molecule has 1 nitrogen and oxygen atoms in total. The Balaban J connectivity index is 1.75. The molecule has 1 aliphatic carbocycles. The SMILES string of the molecule is COc1cccc(CC(Cl)CCC2CCCCC2)c1. The largest absolute Gasteiger partial charge is 0.497 e. The summed E-state index contributed by atoms with van der Waals surface area (Å²) in [6.45, 7) is 0. The number of benzene rings is 1. The predicted molar refractivity (Wildman–Crippen MR) is 82.1 cm³/mol. The van der Waals surface area contributed by atoms with Gasteiger partial charge in [0.15, 0.2) is 0 Å². The van der Waals surface area contributed by atoms with Gasteiger partial charge in [0.25, 0.3) is 0 Å². The van der Waals surface area contributed by atoms with Crippen molar-refractivity contribution in [3.05, 3.63) is 29.8 Å². The maximum Gasteiger partial charge on any atom is 0.119 e. The molecular weight excluding hydrogens is 256 g/mol. The fourth-order valence-corrected chi connectivity index (χ4v) is 3.35. The zero-order valence-corrected chi connectivity index (χ0v) is 12.7. The molecule has 1 unspecified atom stereocenters. The average molecular weight is 281 g/mol. The van der Waals surface area contributed by atoms with Crippen LogP contribution in [0.5, 0.6) is 5.75 Å². The first-order valence-electron chi connectivity index (χ1n) is 7.55. The van der Waals surface area contributed by atoms with E-state index in [9.17, 15) is 0 Å². The van der Waals surface area contributed by atoms with E-state index in [4.69, 9.17) is 16.3 Å². The van der Waals surface area contributed by atoms with Gasteiger partial charge in [-0.05, 0) is 42.9 Å². The summed E-state index contributed by atoms with van der Waals surface area (Å²) in [6.07, 6.45) is 10.5. The van der Waals surface area contributed by atoms with Gasteiger partial charge in [-0.15, -0.1) is 11.6 Å². The van der Waals surface area contributed by atoms with Gasteiger partial charge < -0.3 is 4.74 Å².